The van der Waals surface area contributed by atoms with Gasteiger partial charge in [-0.3, -0.25) is 15.0 Å². The summed E-state index contributed by atoms with van der Waals surface area (Å²) in [6.07, 6.45) is 3.64. The van der Waals surface area contributed by atoms with Gasteiger partial charge in [0.1, 0.15) is 5.69 Å². The average molecular weight is 282 g/mol. The Balaban J connectivity index is 1.71. The molecule has 0 amide bonds. The summed E-state index contributed by atoms with van der Waals surface area (Å²) in [7, 11) is 0. The minimum Gasteiger partial charge on any atom is -0.375 e. The number of nitro groups is 1. The van der Waals surface area contributed by atoms with Crippen LogP contribution in [0.15, 0.2) is 18.2 Å². The Hall–Kier alpha value is -1.33. The van der Waals surface area contributed by atoms with Gasteiger partial charge in [-0.25, -0.2) is 0 Å². The zero-order chi connectivity index (χ0) is 13.4. The lowest BCUT2D eigenvalue weighted by Crippen LogP contribution is -2.27. The molecule has 0 aromatic heterocycles. The fourth-order valence-corrected chi connectivity index (χ4v) is 2.84. The van der Waals surface area contributed by atoms with Crippen molar-refractivity contribution in [2.75, 3.05) is 18.4 Å². The first kappa shape index (κ1) is 12.7. The van der Waals surface area contributed by atoms with Crippen LogP contribution in [0.2, 0.25) is 5.02 Å². The van der Waals surface area contributed by atoms with E-state index in [1.165, 1.54) is 18.9 Å². The second-order valence-electron chi connectivity index (χ2n) is 5.27. The second-order valence-corrected chi connectivity index (χ2v) is 5.71. The third-order valence-electron chi connectivity index (χ3n) is 3.80. The van der Waals surface area contributed by atoms with Crippen LogP contribution in [-0.2, 0) is 0 Å². The summed E-state index contributed by atoms with van der Waals surface area (Å²) in [6.45, 7) is 2.06. The van der Waals surface area contributed by atoms with Gasteiger partial charge < -0.3 is 5.32 Å². The molecule has 0 bridgehead atoms. The van der Waals surface area contributed by atoms with Gasteiger partial charge in [0, 0.05) is 36.3 Å². The molecular formula is C13H16ClN3O2. The summed E-state index contributed by atoms with van der Waals surface area (Å²) in [6, 6.07) is 5.83. The van der Waals surface area contributed by atoms with E-state index in [2.05, 4.69) is 10.2 Å². The summed E-state index contributed by atoms with van der Waals surface area (Å²) >= 11 is 5.81. The zero-order valence-corrected chi connectivity index (χ0v) is 11.3. The highest BCUT2D eigenvalue weighted by Gasteiger charge is 2.34. The maximum atomic E-state index is 11.0. The molecule has 1 saturated heterocycles. The van der Waals surface area contributed by atoms with Gasteiger partial charge >= 0.3 is 0 Å². The summed E-state index contributed by atoms with van der Waals surface area (Å²) < 4.78 is 0. The van der Waals surface area contributed by atoms with Crippen LogP contribution < -0.4 is 5.32 Å². The number of anilines is 1. The minimum absolute atomic E-state index is 0.0531. The maximum absolute atomic E-state index is 11.0. The van der Waals surface area contributed by atoms with E-state index >= 15 is 0 Å². The normalized spacial score (nSPS) is 23.5. The molecular weight excluding hydrogens is 266 g/mol. The number of benzene rings is 1. The smallest absolute Gasteiger partial charge is 0.293 e. The van der Waals surface area contributed by atoms with E-state index in [1.807, 2.05) is 0 Å². The molecule has 2 aliphatic rings. The number of nitrogens with zero attached hydrogens (tertiary/aromatic N) is 2. The van der Waals surface area contributed by atoms with Crippen molar-refractivity contribution in [1.82, 2.24) is 4.90 Å². The van der Waals surface area contributed by atoms with Crippen LogP contribution in [0.4, 0.5) is 11.4 Å². The molecule has 1 aliphatic carbocycles. The Kier molecular flexibility index (Phi) is 3.33. The summed E-state index contributed by atoms with van der Waals surface area (Å²) in [5.41, 5.74) is 0.620. The average Bonchev–Trinajstić information content (AvgIpc) is 3.12. The predicted molar refractivity (Wildman–Crippen MR) is 74.7 cm³/mol. The lowest BCUT2D eigenvalue weighted by molar-refractivity contribution is -0.384. The van der Waals surface area contributed by atoms with E-state index in [1.54, 1.807) is 12.1 Å². The molecule has 6 heteroatoms. The highest BCUT2D eigenvalue weighted by atomic mass is 35.5. The standard InChI is InChI=1S/C13H16ClN3O2/c14-9-1-4-12(13(7-9)17(18)19)15-10-5-6-16(8-10)11-2-3-11/h1,4,7,10-11,15H,2-3,5-6,8H2. The van der Waals surface area contributed by atoms with Gasteiger partial charge in [-0.1, -0.05) is 11.6 Å². The van der Waals surface area contributed by atoms with Gasteiger partial charge in [0.05, 0.1) is 4.92 Å². The lowest BCUT2D eigenvalue weighted by Gasteiger charge is -2.16. The van der Waals surface area contributed by atoms with Crippen molar-refractivity contribution in [3.8, 4) is 0 Å². The summed E-state index contributed by atoms with van der Waals surface area (Å²) in [4.78, 5) is 13.1. The highest BCUT2D eigenvalue weighted by Crippen LogP contribution is 2.33. The Morgan fingerprint density at radius 3 is 2.84 bits per heavy atom. The Labute approximate surface area is 116 Å². The van der Waals surface area contributed by atoms with Crippen molar-refractivity contribution in [3.63, 3.8) is 0 Å². The second kappa shape index (κ2) is 4.98. The molecule has 19 heavy (non-hydrogen) atoms. The predicted octanol–water partition coefficient (Wildman–Crippen LogP) is 2.90. The molecule has 5 nitrogen and oxygen atoms in total. The lowest BCUT2D eigenvalue weighted by atomic mass is 10.2. The molecule has 1 aromatic rings. The van der Waals surface area contributed by atoms with Crippen molar-refractivity contribution < 1.29 is 4.92 Å². The first-order valence-corrected chi connectivity index (χ1v) is 6.96. The third-order valence-corrected chi connectivity index (χ3v) is 4.03. The van der Waals surface area contributed by atoms with Crippen LogP contribution in [0.5, 0.6) is 0 Å². The quantitative estimate of drug-likeness (QED) is 0.681. The molecule has 2 fully saturated rings. The van der Waals surface area contributed by atoms with Gasteiger partial charge in [-0.05, 0) is 31.4 Å². The molecule has 0 spiro atoms. The van der Waals surface area contributed by atoms with E-state index in [0.717, 1.165) is 25.6 Å². The minimum atomic E-state index is -0.387. The summed E-state index contributed by atoms with van der Waals surface area (Å²) in [5.74, 6) is 0. The number of hydrogen-bond donors (Lipinski definition) is 1. The molecule has 102 valence electrons. The fraction of sp³-hybridized carbons (Fsp3) is 0.538. The Bertz CT molecular complexity index is 505. The third kappa shape index (κ3) is 2.82. The molecule has 1 unspecified atom stereocenters. The van der Waals surface area contributed by atoms with Gasteiger partial charge in [0.25, 0.3) is 5.69 Å². The number of halogens is 1. The van der Waals surface area contributed by atoms with E-state index in [-0.39, 0.29) is 10.6 Å². The van der Waals surface area contributed by atoms with Gasteiger partial charge in [-0.2, -0.15) is 0 Å². The van der Waals surface area contributed by atoms with Crippen LogP contribution in [0.25, 0.3) is 0 Å². The topological polar surface area (TPSA) is 58.4 Å². The molecule has 1 N–H and O–H groups in total. The fourth-order valence-electron chi connectivity index (χ4n) is 2.67. The van der Waals surface area contributed by atoms with E-state index in [4.69, 9.17) is 11.6 Å². The largest absolute Gasteiger partial charge is 0.375 e. The van der Waals surface area contributed by atoms with Crippen LogP contribution >= 0.6 is 11.6 Å². The SMILES string of the molecule is O=[N+]([O-])c1cc(Cl)ccc1NC1CCN(C2CC2)C1. The molecule has 1 heterocycles. The Morgan fingerprint density at radius 2 is 2.16 bits per heavy atom. The first-order valence-electron chi connectivity index (χ1n) is 6.58. The number of rotatable bonds is 4. The Morgan fingerprint density at radius 1 is 1.37 bits per heavy atom. The van der Waals surface area contributed by atoms with Gasteiger partial charge in [0.2, 0.25) is 0 Å². The molecule has 1 saturated carbocycles. The van der Waals surface area contributed by atoms with Gasteiger partial charge in [0.15, 0.2) is 0 Å². The van der Waals surface area contributed by atoms with Crippen LogP contribution in [0.3, 0.4) is 0 Å². The first-order chi connectivity index (χ1) is 9.13. The monoisotopic (exact) mass is 281 g/mol. The molecule has 1 atom stereocenters. The van der Waals surface area contributed by atoms with Crippen LogP contribution in [0, 0.1) is 10.1 Å². The zero-order valence-electron chi connectivity index (χ0n) is 10.5. The number of nitrogens with one attached hydrogen (secondary N) is 1. The summed E-state index contributed by atoms with van der Waals surface area (Å²) in [5, 5.41) is 14.7. The van der Waals surface area contributed by atoms with E-state index in [9.17, 15) is 10.1 Å². The molecule has 1 aliphatic heterocycles. The van der Waals surface area contributed by atoms with Crippen molar-refractivity contribution in [3.05, 3.63) is 33.3 Å². The van der Waals surface area contributed by atoms with Crippen molar-refractivity contribution in [2.45, 2.75) is 31.3 Å². The maximum Gasteiger partial charge on any atom is 0.293 e. The number of likely N-dealkylation sites (tertiary alicyclic amines) is 1. The molecule has 0 radical (unpaired) electrons. The number of hydrogen-bond acceptors (Lipinski definition) is 4. The van der Waals surface area contributed by atoms with E-state index in [0.29, 0.717) is 16.8 Å². The van der Waals surface area contributed by atoms with Crippen molar-refractivity contribution in [2.24, 2.45) is 0 Å². The van der Waals surface area contributed by atoms with Gasteiger partial charge in [-0.15, -0.1) is 0 Å². The highest BCUT2D eigenvalue weighted by molar-refractivity contribution is 6.30. The van der Waals surface area contributed by atoms with Crippen molar-refractivity contribution in [1.29, 1.82) is 0 Å². The van der Waals surface area contributed by atoms with Crippen LogP contribution in [0.1, 0.15) is 19.3 Å². The molecule has 1 aromatic carbocycles. The number of nitro benzene ring substituents is 1. The van der Waals surface area contributed by atoms with Crippen LogP contribution in [-0.4, -0.2) is 35.0 Å². The molecule has 3 rings (SSSR count). The van der Waals surface area contributed by atoms with E-state index < -0.39 is 0 Å². The van der Waals surface area contributed by atoms with Crippen molar-refractivity contribution >= 4 is 23.0 Å².